The van der Waals surface area contributed by atoms with E-state index in [0.29, 0.717) is 16.4 Å². The van der Waals surface area contributed by atoms with Crippen LogP contribution in [0.4, 0.5) is 5.13 Å². The average molecular weight is 388 g/mol. The number of carbonyl (C=O) groups is 2. The van der Waals surface area contributed by atoms with Gasteiger partial charge >= 0.3 is 0 Å². The summed E-state index contributed by atoms with van der Waals surface area (Å²) < 4.78 is 5.63. The number of aromatic nitrogens is 2. The van der Waals surface area contributed by atoms with Gasteiger partial charge in [-0.05, 0) is 64.3 Å². The highest BCUT2D eigenvalue weighted by molar-refractivity contribution is 7.15. The van der Waals surface area contributed by atoms with Crippen LogP contribution in [-0.2, 0) is 4.79 Å². The molecule has 2 amide bonds. The Hall–Kier alpha value is -2.48. The second-order valence-corrected chi connectivity index (χ2v) is 8.01. The van der Waals surface area contributed by atoms with Gasteiger partial charge in [0.05, 0.1) is 0 Å². The number of rotatable bonds is 5. The Morgan fingerprint density at radius 2 is 1.85 bits per heavy atom. The Morgan fingerprint density at radius 1 is 1.19 bits per heavy atom. The topological polar surface area (TPSA) is 84.4 Å². The molecule has 1 fully saturated rings. The summed E-state index contributed by atoms with van der Waals surface area (Å²) in [7, 11) is 0. The molecule has 2 heterocycles. The number of nitrogens with one attached hydrogen (secondary N) is 1. The molecule has 1 aliphatic heterocycles. The maximum absolute atomic E-state index is 12.5. The summed E-state index contributed by atoms with van der Waals surface area (Å²) in [4.78, 5) is 26.6. The van der Waals surface area contributed by atoms with Crippen LogP contribution in [0.5, 0.6) is 5.75 Å². The lowest BCUT2D eigenvalue weighted by molar-refractivity contribution is -0.139. The molecule has 0 bridgehead atoms. The molecule has 0 aliphatic carbocycles. The van der Waals surface area contributed by atoms with Crippen LogP contribution in [0.1, 0.15) is 48.5 Å². The first kappa shape index (κ1) is 19.3. The van der Waals surface area contributed by atoms with Crippen molar-refractivity contribution in [2.45, 2.75) is 52.1 Å². The molecule has 1 aliphatic rings. The van der Waals surface area contributed by atoms with Crippen molar-refractivity contribution in [1.82, 2.24) is 15.1 Å². The molecule has 27 heavy (non-hydrogen) atoms. The Balaban J connectivity index is 1.54. The van der Waals surface area contributed by atoms with Crippen LogP contribution in [-0.4, -0.2) is 45.6 Å². The number of amides is 2. The third kappa shape index (κ3) is 4.82. The van der Waals surface area contributed by atoms with Crippen molar-refractivity contribution in [3.63, 3.8) is 0 Å². The van der Waals surface area contributed by atoms with E-state index in [1.54, 1.807) is 24.3 Å². The van der Waals surface area contributed by atoms with Gasteiger partial charge in [0.15, 0.2) is 6.61 Å². The van der Waals surface area contributed by atoms with E-state index in [2.05, 4.69) is 29.4 Å². The summed E-state index contributed by atoms with van der Waals surface area (Å²) in [5.74, 6) is 0.303. The Kier molecular flexibility index (Phi) is 6.05. The summed E-state index contributed by atoms with van der Waals surface area (Å²) in [5, 5.41) is 11.7. The maximum Gasteiger partial charge on any atom is 0.260 e. The minimum Gasteiger partial charge on any atom is -0.484 e. The summed E-state index contributed by atoms with van der Waals surface area (Å²) in [6.07, 6.45) is 3.23. The third-order valence-electron chi connectivity index (χ3n) is 4.71. The van der Waals surface area contributed by atoms with Gasteiger partial charge in [-0.15, -0.1) is 10.2 Å². The van der Waals surface area contributed by atoms with Gasteiger partial charge < -0.3 is 9.64 Å². The number of anilines is 1. The largest absolute Gasteiger partial charge is 0.484 e. The molecule has 144 valence electrons. The molecule has 1 saturated heterocycles. The zero-order valence-electron chi connectivity index (χ0n) is 15.8. The molecule has 2 atom stereocenters. The molecular weight excluding hydrogens is 364 g/mol. The molecule has 0 saturated carbocycles. The van der Waals surface area contributed by atoms with Crippen molar-refractivity contribution >= 4 is 28.3 Å². The normalized spacial score (nSPS) is 19.6. The van der Waals surface area contributed by atoms with E-state index in [4.69, 9.17) is 4.74 Å². The first-order chi connectivity index (χ1) is 12.9. The maximum atomic E-state index is 12.5. The molecule has 1 N–H and O–H groups in total. The minimum atomic E-state index is -0.259. The fourth-order valence-corrected chi connectivity index (χ4v) is 3.94. The number of ether oxygens (including phenoxy) is 1. The second-order valence-electron chi connectivity index (χ2n) is 6.82. The SMILES string of the molecule is Cc1nnc(NC(=O)c2ccc(OCC(=O)N3[C@@H](C)CCC[C@@H]3C)cc2)s1. The highest BCUT2D eigenvalue weighted by Crippen LogP contribution is 2.23. The average Bonchev–Trinajstić information content (AvgIpc) is 3.05. The molecule has 0 unspecified atom stereocenters. The monoisotopic (exact) mass is 388 g/mol. The third-order valence-corrected chi connectivity index (χ3v) is 5.46. The molecular formula is C19H24N4O3S. The van der Waals surface area contributed by atoms with Crippen LogP contribution in [0.2, 0.25) is 0 Å². The molecule has 2 aromatic rings. The molecule has 1 aromatic carbocycles. The van der Waals surface area contributed by atoms with E-state index < -0.39 is 0 Å². The zero-order chi connectivity index (χ0) is 19.4. The fourth-order valence-electron chi connectivity index (χ4n) is 3.35. The van der Waals surface area contributed by atoms with E-state index in [1.165, 1.54) is 11.3 Å². The Labute approximate surface area is 162 Å². The lowest BCUT2D eigenvalue weighted by Crippen LogP contribution is -2.49. The number of piperidine rings is 1. The number of nitrogens with zero attached hydrogens (tertiary/aromatic N) is 3. The van der Waals surface area contributed by atoms with E-state index in [0.717, 1.165) is 24.3 Å². The molecule has 3 rings (SSSR count). The van der Waals surface area contributed by atoms with Crippen molar-refractivity contribution in [1.29, 1.82) is 0 Å². The summed E-state index contributed by atoms with van der Waals surface area (Å²) in [6.45, 7) is 6.00. The van der Waals surface area contributed by atoms with Crippen molar-refractivity contribution < 1.29 is 14.3 Å². The predicted octanol–water partition coefficient (Wildman–Crippen LogP) is 3.27. The van der Waals surface area contributed by atoms with Crippen molar-refractivity contribution in [2.24, 2.45) is 0 Å². The number of carbonyl (C=O) groups excluding carboxylic acids is 2. The number of hydrogen-bond acceptors (Lipinski definition) is 6. The highest BCUT2D eigenvalue weighted by atomic mass is 32.1. The molecule has 8 heteroatoms. The van der Waals surface area contributed by atoms with Crippen LogP contribution >= 0.6 is 11.3 Å². The van der Waals surface area contributed by atoms with Crippen molar-refractivity contribution in [3.05, 3.63) is 34.8 Å². The van der Waals surface area contributed by atoms with Gasteiger partial charge in [-0.25, -0.2) is 0 Å². The van der Waals surface area contributed by atoms with Crippen LogP contribution in [0.3, 0.4) is 0 Å². The molecule has 0 spiro atoms. The first-order valence-electron chi connectivity index (χ1n) is 9.09. The predicted molar refractivity (Wildman–Crippen MR) is 104 cm³/mol. The van der Waals surface area contributed by atoms with E-state index in [-0.39, 0.29) is 30.5 Å². The smallest absolute Gasteiger partial charge is 0.260 e. The number of aryl methyl sites for hydroxylation is 1. The van der Waals surface area contributed by atoms with Gasteiger partial charge in [0.1, 0.15) is 10.8 Å². The number of benzene rings is 1. The van der Waals surface area contributed by atoms with Crippen LogP contribution in [0.15, 0.2) is 24.3 Å². The van der Waals surface area contributed by atoms with E-state index >= 15 is 0 Å². The summed E-state index contributed by atoms with van der Waals surface area (Å²) in [5.41, 5.74) is 0.486. The van der Waals surface area contributed by atoms with E-state index in [1.807, 2.05) is 11.8 Å². The lowest BCUT2D eigenvalue weighted by atomic mass is 9.97. The van der Waals surface area contributed by atoms with Crippen LogP contribution in [0.25, 0.3) is 0 Å². The fraction of sp³-hybridized carbons (Fsp3) is 0.474. The van der Waals surface area contributed by atoms with Gasteiger partial charge in [0.2, 0.25) is 5.13 Å². The van der Waals surface area contributed by atoms with Crippen molar-refractivity contribution in [3.8, 4) is 5.75 Å². The minimum absolute atomic E-state index is 0.00293. The van der Waals surface area contributed by atoms with Gasteiger partial charge in [0, 0.05) is 17.6 Å². The van der Waals surface area contributed by atoms with E-state index in [9.17, 15) is 9.59 Å². The standard InChI is InChI=1S/C19H24N4O3S/c1-12-5-4-6-13(2)23(12)17(24)11-26-16-9-7-15(8-10-16)18(25)20-19-22-21-14(3)27-19/h7-10,12-13H,4-6,11H2,1-3H3,(H,20,22,25)/t12-,13-/m0/s1. The first-order valence-corrected chi connectivity index (χ1v) is 9.91. The quantitative estimate of drug-likeness (QED) is 0.850. The number of likely N-dealkylation sites (tertiary alicyclic amines) is 1. The second kappa shape index (κ2) is 8.47. The zero-order valence-corrected chi connectivity index (χ0v) is 16.6. The van der Waals surface area contributed by atoms with Gasteiger partial charge in [0.25, 0.3) is 11.8 Å². The Bertz CT molecular complexity index is 796. The van der Waals surface area contributed by atoms with Crippen molar-refractivity contribution in [2.75, 3.05) is 11.9 Å². The molecule has 7 nitrogen and oxygen atoms in total. The highest BCUT2D eigenvalue weighted by Gasteiger charge is 2.28. The van der Waals surface area contributed by atoms with Gasteiger partial charge in [-0.1, -0.05) is 11.3 Å². The molecule has 0 radical (unpaired) electrons. The number of hydrogen-bond donors (Lipinski definition) is 1. The van der Waals surface area contributed by atoms with Crippen LogP contribution in [0, 0.1) is 6.92 Å². The van der Waals surface area contributed by atoms with Gasteiger partial charge in [-0.3, -0.25) is 14.9 Å². The van der Waals surface area contributed by atoms with Gasteiger partial charge in [-0.2, -0.15) is 0 Å². The Morgan fingerprint density at radius 3 is 2.44 bits per heavy atom. The summed E-state index contributed by atoms with van der Waals surface area (Å²) in [6, 6.07) is 7.21. The molecule has 1 aromatic heterocycles. The van der Waals surface area contributed by atoms with Crippen LogP contribution < -0.4 is 10.1 Å². The summed E-state index contributed by atoms with van der Waals surface area (Å²) >= 11 is 1.32. The lowest BCUT2D eigenvalue weighted by Gasteiger charge is -2.38.